The second-order valence-electron chi connectivity index (χ2n) is 3.06. The number of hydrogen-bond donors (Lipinski definition) is 1. The molecular formula is C10H12N2OS. The van der Waals surface area contributed by atoms with Gasteiger partial charge in [0.15, 0.2) is 0 Å². The molecule has 0 unspecified atom stereocenters. The van der Waals surface area contributed by atoms with Crippen molar-refractivity contribution in [3.05, 3.63) is 29.2 Å². The Balaban J connectivity index is 2.29. The molecule has 2 heterocycles. The Morgan fingerprint density at radius 2 is 2.43 bits per heavy atom. The summed E-state index contributed by atoms with van der Waals surface area (Å²) in [6.45, 7) is 2.77. The molecule has 0 amide bonds. The Morgan fingerprint density at radius 3 is 3.07 bits per heavy atom. The second kappa shape index (κ2) is 3.94. The molecule has 0 spiro atoms. The van der Waals surface area contributed by atoms with E-state index in [1.807, 2.05) is 20.0 Å². The molecule has 0 aromatic carbocycles. The van der Waals surface area contributed by atoms with E-state index in [0.29, 0.717) is 0 Å². The molecule has 2 aromatic rings. The first-order valence-corrected chi connectivity index (χ1v) is 5.32. The van der Waals surface area contributed by atoms with Crippen LogP contribution in [0.3, 0.4) is 0 Å². The lowest BCUT2D eigenvalue weighted by Crippen LogP contribution is -2.04. The minimum Gasteiger partial charge on any atom is -0.469 e. The summed E-state index contributed by atoms with van der Waals surface area (Å²) >= 11 is 1.65. The number of nitrogens with zero attached hydrogens (tertiary/aromatic N) is 1. The van der Waals surface area contributed by atoms with Gasteiger partial charge in [0.2, 0.25) is 0 Å². The Kier molecular flexibility index (Phi) is 2.65. The Morgan fingerprint density at radius 1 is 1.57 bits per heavy atom. The first-order valence-electron chi connectivity index (χ1n) is 4.44. The van der Waals surface area contributed by atoms with Crippen molar-refractivity contribution in [2.45, 2.75) is 13.5 Å². The van der Waals surface area contributed by atoms with Crippen LogP contribution in [-0.4, -0.2) is 12.0 Å². The lowest BCUT2D eigenvalue weighted by molar-refractivity contribution is 0.535. The molecule has 0 radical (unpaired) electrons. The molecule has 74 valence electrons. The first-order chi connectivity index (χ1) is 6.81. The van der Waals surface area contributed by atoms with Gasteiger partial charge in [-0.25, -0.2) is 4.98 Å². The van der Waals surface area contributed by atoms with Crippen LogP contribution in [0.25, 0.3) is 10.6 Å². The number of nitrogens with one attached hydrogen (secondary N) is 1. The van der Waals surface area contributed by atoms with Crippen molar-refractivity contribution in [1.29, 1.82) is 0 Å². The van der Waals surface area contributed by atoms with E-state index in [0.717, 1.165) is 28.6 Å². The molecule has 1 N–H and O–H groups in total. The predicted octanol–water partition coefficient (Wildman–Crippen LogP) is 2.43. The van der Waals surface area contributed by atoms with E-state index in [1.54, 1.807) is 17.6 Å². The highest BCUT2D eigenvalue weighted by Crippen LogP contribution is 2.27. The van der Waals surface area contributed by atoms with E-state index >= 15 is 0 Å². The van der Waals surface area contributed by atoms with Crippen molar-refractivity contribution in [3.63, 3.8) is 0 Å². The summed E-state index contributed by atoms with van der Waals surface area (Å²) in [6.07, 6.45) is 1.70. The number of rotatable bonds is 3. The number of hydrogen-bond acceptors (Lipinski definition) is 4. The molecule has 0 aliphatic heterocycles. The van der Waals surface area contributed by atoms with Crippen molar-refractivity contribution in [1.82, 2.24) is 10.3 Å². The van der Waals surface area contributed by atoms with Gasteiger partial charge in [-0.15, -0.1) is 11.3 Å². The van der Waals surface area contributed by atoms with E-state index in [1.165, 1.54) is 0 Å². The minimum atomic E-state index is 0.813. The number of furan rings is 1. The predicted molar refractivity (Wildman–Crippen MR) is 57.3 cm³/mol. The Labute approximate surface area is 86.8 Å². The van der Waals surface area contributed by atoms with Crippen molar-refractivity contribution < 1.29 is 4.42 Å². The molecule has 0 saturated heterocycles. The van der Waals surface area contributed by atoms with Gasteiger partial charge in [-0.05, 0) is 20.0 Å². The summed E-state index contributed by atoms with van der Waals surface area (Å²) in [5.41, 5.74) is 2.17. The minimum absolute atomic E-state index is 0.813. The van der Waals surface area contributed by atoms with Crippen LogP contribution >= 0.6 is 11.3 Å². The van der Waals surface area contributed by atoms with E-state index in [2.05, 4.69) is 15.7 Å². The molecular weight excluding hydrogens is 196 g/mol. The fourth-order valence-electron chi connectivity index (χ4n) is 1.30. The molecule has 0 saturated carbocycles. The number of aryl methyl sites for hydroxylation is 1. The summed E-state index contributed by atoms with van der Waals surface area (Å²) in [4.78, 5) is 4.50. The van der Waals surface area contributed by atoms with E-state index < -0.39 is 0 Å². The average Bonchev–Trinajstić information content (AvgIpc) is 2.74. The van der Waals surface area contributed by atoms with Crippen LogP contribution in [0.5, 0.6) is 0 Å². The topological polar surface area (TPSA) is 38.1 Å². The van der Waals surface area contributed by atoms with Crippen LogP contribution < -0.4 is 5.32 Å². The van der Waals surface area contributed by atoms with Gasteiger partial charge in [0.25, 0.3) is 0 Å². The molecule has 0 aliphatic rings. The van der Waals surface area contributed by atoms with E-state index in [9.17, 15) is 0 Å². The molecule has 0 atom stereocenters. The maximum atomic E-state index is 5.24. The van der Waals surface area contributed by atoms with Crippen LogP contribution in [0, 0.1) is 6.92 Å². The van der Waals surface area contributed by atoms with E-state index in [4.69, 9.17) is 4.42 Å². The quantitative estimate of drug-likeness (QED) is 0.841. The van der Waals surface area contributed by atoms with Crippen LogP contribution in [0.2, 0.25) is 0 Å². The average molecular weight is 208 g/mol. The summed E-state index contributed by atoms with van der Waals surface area (Å²) in [5.74, 6) is 0.926. The van der Waals surface area contributed by atoms with Crippen LogP contribution in [0.4, 0.5) is 0 Å². The maximum absolute atomic E-state index is 5.24. The second-order valence-corrected chi connectivity index (χ2v) is 3.92. The summed E-state index contributed by atoms with van der Waals surface area (Å²) in [7, 11) is 1.92. The third kappa shape index (κ3) is 1.71. The summed E-state index contributed by atoms with van der Waals surface area (Å²) in [5, 5.41) is 6.17. The fraction of sp³-hybridized carbons (Fsp3) is 0.300. The molecule has 2 aromatic heterocycles. The van der Waals surface area contributed by atoms with Crippen LogP contribution in [0.15, 0.2) is 22.1 Å². The highest BCUT2D eigenvalue weighted by molar-refractivity contribution is 7.13. The first kappa shape index (κ1) is 9.43. The highest BCUT2D eigenvalue weighted by atomic mass is 32.1. The maximum Gasteiger partial charge on any atom is 0.127 e. The van der Waals surface area contributed by atoms with Gasteiger partial charge in [0.1, 0.15) is 10.8 Å². The summed E-state index contributed by atoms with van der Waals surface area (Å²) < 4.78 is 5.24. The molecule has 3 nitrogen and oxygen atoms in total. The normalized spacial score (nSPS) is 10.7. The molecule has 0 fully saturated rings. The fourth-order valence-corrected chi connectivity index (χ4v) is 2.19. The third-order valence-corrected chi connectivity index (χ3v) is 2.92. The van der Waals surface area contributed by atoms with Gasteiger partial charge in [0, 0.05) is 11.9 Å². The molecule has 0 aliphatic carbocycles. The zero-order valence-corrected chi connectivity index (χ0v) is 9.02. The Bertz CT molecular complexity index is 419. The largest absolute Gasteiger partial charge is 0.469 e. The zero-order chi connectivity index (χ0) is 9.97. The molecule has 0 bridgehead atoms. The van der Waals surface area contributed by atoms with E-state index in [-0.39, 0.29) is 0 Å². The van der Waals surface area contributed by atoms with Gasteiger partial charge < -0.3 is 9.73 Å². The van der Waals surface area contributed by atoms with Gasteiger partial charge in [-0.1, -0.05) is 0 Å². The van der Waals surface area contributed by atoms with Crippen LogP contribution in [-0.2, 0) is 6.54 Å². The van der Waals surface area contributed by atoms with Crippen molar-refractivity contribution in [2.24, 2.45) is 0 Å². The smallest absolute Gasteiger partial charge is 0.127 e. The summed E-state index contributed by atoms with van der Waals surface area (Å²) in [6, 6.07) is 1.96. The molecule has 2 rings (SSSR count). The highest BCUT2D eigenvalue weighted by Gasteiger charge is 2.08. The van der Waals surface area contributed by atoms with Crippen LogP contribution in [0.1, 0.15) is 11.5 Å². The van der Waals surface area contributed by atoms with Gasteiger partial charge in [-0.3, -0.25) is 0 Å². The monoisotopic (exact) mass is 208 g/mol. The third-order valence-electron chi connectivity index (χ3n) is 2.00. The molecule has 14 heavy (non-hydrogen) atoms. The molecule has 4 heteroatoms. The van der Waals surface area contributed by atoms with Gasteiger partial charge >= 0.3 is 0 Å². The van der Waals surface area contributed by atoms with Crippen molar-refractivity contribution in [2.75, 3.05) is 7.05 Å². The zero-order valence-electron chi connectivity index (χ0n) is 8.20. The lowest BCUT2D eigenvalue weighted by Gasteiger charge is -1.92. The number of thiazole rings is 1. The number of aromatic nitrogens is 1. The van der Waals surface area contributed by atoms with Gasteiger partial charge in [-0.2, -0.15) is 0 Å². The Hall–Kier alpha value is -1.13. The SMILES string of the molecule is CNCc1csc(-c2ccoc2C)n1. The van der Waals surface area contributed by atoms with Gasteiger partial charge in [0.05, 0.1) is 17.5 Å². The van der Waals surface area contributed by atoms with Crippen molar-refractivity contribution >= 4 is 11.3 Å². The standard InChI is InChI=1S/C10H12N2OS/c1-7-9(3-4-13-7)10-12-8(5-11-2)6-14-10/h3-4,6,11H,5H2,1-2H3. The van der Waals surface area contributed by atoms with Crippen molar-refractivity contribution in [3.8, 4) is 10.6 Å². The lowest BCUT2D eigenvalue weighted by atomic mass is 10.3.